The van der Waals surface area contributed by atoms with Gasteiger partial charge in [-0.2, -0.15) is 0 Å². The van der Waals surface area contributed by atoms with Gasteiger partial charge in [-0.25, -0.2) is 0 Å². The van der Waals surface area contributed by atoms with E-state index in [1.807, 2.05) is 30.3 Å². The van der Waals surface area contributed by atoms with Gasteiger partial charge in [-0.05, 0) is 5.56 Å². The number of likely N-dealkylation sites (N-methyl/N-ethyl adjacent to an activating group) is 1. The summed E-state index contributed by atoms with van der Waals surface area (Å²) in [4.78, 5) is 12.9. The zero-order valence-corrected chi connectivity index (χ0v) is 8.29. The van der Waals surface area contributed by atoms with E-state index in [4.69, 9.17) is 11.6 Å². The van der Waals surface area contributed by atoms with Crippen LogP contribution in [0, 0.1) is 0 Å². The minimum atomic E-state index is 0.0428. The standard InChI is InChI=1S/C10H12ClNO/c1-12(8-11)10(13)7-9-5-3-2-4-6-9/h2-6H,7-8H2,1H3. The van der Waals surface area contributed by atoms with E-state index >= 15 is 0 Å². The highest BCUT2D eigenvalue weighted by molar-refractivity contribution is 6.18. The van der Waals surface area contributed by atoms with Crippen molar-refractivity contribution in [1.82, 2.24) is 4.90 Å². The van der Waals surface area contributed by atoms with Crippen molar-refractivity contribution in [2.75, 3.05) is 13.1 Å². The lowest BCUT2D eigenvalue weighted by Crippen LogP contribution is -2.26. The van der Waals surface area contributed by atoms with Gasteiger partial charge >= 0.3 is 0 Å². The molecule has 0 heterocycles. The van der Waals surface area contributed by atoms with Crippen LogP contribution in [0.2, 0.25) is 0 Å². The number of benzene rings is 1. The summed E-state index contributed by atoms with van der Waals surface area (Å²) in [7, 11) is 1.69. The highest BCUT2D eigenvalue weighted by atomic mass is 35.5. The van der Waals surface area contributed by atoms with Crippen LogP contribution >= 0.6 is 11.6 Å². The molecular formula is C10H12ClNO. The van der Waals surface area contributed by atoms with E-state index < -0.39 is 0 Å². The molecule has 3 heteroatoms. The van der Waals surface area contributed by atoms with E-state index in [9.17, 15) is 4.79 Å². The lowest BCUT2D eigenvalue weighted by molar-refractivity contribution is -0.128. The van der Waals surface area contributed by atoms with Crippen LogP contribution in [0.5, 0.6) is 0 Å². The van der Waals surface area contributed by atoms with Crippen molar-refractivity contribution in [2.45, 2.75) is 6.42 Å². The maximum atomic E-state index is 11.4. The molecule has 0 spiro atoms. The van der Waals surface area contributed by atoms with Crippen LogP contribution in [0.25, 0.3) is 0 Å². The van der Waals surface area contributed by atoms with Crippen LogP contribution in [-0.4, -0.2) is 23.9 Å². The first-order valence-electron chi connectivity index (χ1n) is 4.08. The normalized spacial score (nSPS) is 9.69. The monoisotopic (exact) mass is 197 g/mol. The quantitative estimate of drug-likeness (QED) is 0.535. The summed E-state index contributed by atoms with van der Waals surface area (Å²) >= 11 is 5.52. The summed E-state index contributed by atoms with van der Waals surface area (Å²) < 4.78 is 0. The fourth-order valence-electron chi connectivity index (χ4n) is 0.972. The molecule has 1 amide bonds. The molecular weight excluding hydrogens is 186 g/mol. The van der Waals surface area contributed by atoms with Gasteiger partial charge in [-0.15, -0.1) is 11.6 Å². The Bertz CT molecular complexity index is 274. The van der Waals surface area contributed by atoms with Gasteiger partial charge in [0.15, 0.2) is 0 Å². The lowest BCUT2D eigenvalue weighted by Gasteiger charge is -2.12. The molecule has 0 saturated carbocycles. The van der Waals surface area contributed by atoms with Gasteiger partial charge in [0.2, 0.25) is 5.91 Å². The summed E-state index contributed by atoms with van der Waals surface area (Å²) in [5.74, 6) is 0.0428. The van der Waals surface area contributed by atoms with Gasteiger partial charge in [0.25, 0.3) is 0 Å². The molecule has 2 nitrogen and oxygen atoms in total. The van der Waals surface area contributed by atoms with Crippen LogP contribution in [0.3, 0.4) is 0 Å². The molecule has 0 saturated heterocycles. The predicted molar refractivity (Wildman–Crippen MR) is 53.6 cm³/mol. The van der Waals surface area contributed by atoms with E-state index in [0.717, 1.165) is 5.56 Å². The van der Waals surface area contributed by atoms with Gasteiger partial charge in [0, 0.05) is 7.05 Å². The molecule has 0 bridgehead atoms. The van der Waals surface area contributed by atoms with Crippen LogP contribution < -0.4 is 0 Å². The van der Waals surface area contributed by atoms with E-state index in [2.05, 4.69) is 0 Å². The molecule has 0 radical (unpaired) electrons. The molecule has 0 fully saturated rings. The highest BCUT2D eigenvalue weighted by Crippen LogP contribution is 2.02. The molecule has 1 aromatic rings. The SMILES string of the molecule is CN(CCl)C(=O)Cc1ccccc1. The molecule has 0 aliphatic rings. The largest absolute Gasteiger partial charge is 0.332 e. The zero-order valence-electron chi connectivity index (χ0n) is 7.53. The minimum absolute atomic E-state index is 0.0428. The van der Waals surface area contributed by atoms with E-state index in [1.54, 1.807) is 7.05 Å². The van der Waals surface area contributed by atoms with Crippen molar-refractivity contribution in [3.05, 3.63) is 35.9 Å². The molecule has 1 aromatic carbocycles. The van der Waals surface area contributed by atoms with Gasteiger partial charge in [-0.3, -0.25) is 4.79 Å². The Hall–Kier alpha value is -1.02. The van der Waals surface area contributed by atoms with E-state index in [0.29, 0.717) is 6.42 Å². The second-order valence-electron chi connectivity index (χ2n) is 2.87. The Labute approximate surface area is 83.1 Å². The third-order valence-corrected chi connectivity index (χ3v) is 2.16. The Kier molecular flexibility index (Phi) is 3.77. The first kappa shape index (κ1) is 10.1. The molecule has 0 aliphatic heterocycles. The number of carbonyl (C=O) groups excluding carboxylic acids is 1. The number of amides is 1. The van der Waals surface area contributed by atoms with Gasteiger partial charge in [0.1, 0.15) is 0 Å². The number of alkyl halides is 1. The first-order chi connectivity index (χ1) is 6.24. The minimum Gasteiger partial charge on any atom is -0.332 e. The average molecular weight is 198 g/mol. The number of carbonyl (C=O) groups is 1. The van der Waals surface area contributed by atoms with Crippen LogP contribution in [-0.2, 0) is 11.2 Å². The average Bonchev–Trinajstić information content (AvgIpc) is 2.18. The maximum absolute atomic E-state index is 11.4. The van der Waals surface area contributed by atoms with Crippen molar-refractivity contribution >= 4 is 17.5 Å². The lowest BCUT2D eigenvalue weighted by atomic mass is 10.1. The van der Waals surface area contributed by atoms with Gasteiger partial charge < -0.3 is 4.90 Å². The fourth-order valence-corrected chi connectivity index (χ4v) is 1.11. The van der Waals surface area contributed by atoms with Crippen LogP contribution in [0.15, 0.2) is 30.3 Å². The van der Waals surface area contributed by atoms with Crippen molar-refractivity contribution in [2.24, 2.45) is 0 Å². The van der Waals surface area contributed by atoms with Crippen molar-refractivity contribution < 1.29 is 4.79 Å². The molecule has 70 valence electrons. The third kappa shape index (κ3) is 3.07. The predicted octanol–water partition coefficient (Wildman–Crippen LogP) is 1.88. The van der Waals surface area contributed by atoms with E-state index in [1.165, 1.54) is 4.90 Å². The fraction of sp³-hybridized carbons (Fsp3) is 0.300. The third-order valence-electron chi connectivity index (χ3n) is 1.80. The van der Waals surface area contributed by atoms with Crippen LogP contribution in [0.4, 0.5) is 0 Å². The summed E-state index contributed by atoms with van der Waals surface area (Å²) in [5.41, 5.74) is 1.02. The number of hydrogen-bond donors (Lipinski definition) is 0. The Balaban J connectivity index is 2.55. The maximum Gasteiger partial charge on any atom is 0.227 e. The summed E-state index contributed by atoms with van der Waals surface area (Å²) in [6, 6.07) is 9.87. The number of halogens is 1. The summed E-state index contributed by atoms with van der Waals surface area (Å²) in [6.07, 6.45) is 0.421. The second-order valence-corrected chi connectivity index (χ2v) is 3.11. The molecule has 0 aromatic heterocycles. The topological polar surface area (TPSA) is 20.3 Å². The number of nitrogens with zero attached hydrogens (tertiary/aromatic N) is 1. The van der Waals surface area contributed by atoms with Gasteiger partial charge in [-0.1, -0.05) is 30.3 Å². The molecule has 0 unspecified atom stereocenters. The van der Waals surface area contributed by atoms with E-state index in [-0.39, 0.29) is 11.9 Å². The van der Waals surface area contributed by atoms with Crippen LogP contribution in [0.1, 0.15) is 5.56 Å². The second kappa shape index (κ2) is 4.87. The molecule has 13 heavy (non-hydrogen) atoms. The van der Waals surface area contributed by atoms with Crippen molar-refractivity contribution in [3.63, 3.8) is 0 Å². The number of rotatable bonds is 3. The molecule has 0 atom stereocenters. The number of hydrogen-bond acceptors (Lipinski definition) is 1. The molecule has 0 aliphatic carbocycles. The Morgan fingerprint density at radius 1 is 1.38 bits per heavy atom. The Morgan fingerprint density at radius 3 is 2.54 bits per heavy atom. The van der Waals surface area contributed by atoms with Crippen molar-refractivity contribution in [1.29, 1.82) is 0 Å². The zero-order chi connectivity index (χ0) is 9.68. The smallest absolute Gasteiger partial charge is 0.227 e. The summed E-state index contributed by atoms with van der Waals surface area (Å²) in [6.45, 7) is 0. The van der Waals surface area contributed by atoms with Crippen molar-refractivity contribution in [3.8, 4) is 0 Å². The van der Waals surface area contributed by atoms with Gasteiger partial charge in [0.05, 0.1) is 12.4 Å². The summed E-state index contributed by atoms with van der Waals surface area (Å²) in [5, 5.41) is 0. The Morgan fingerprint density at radius 2 is 2.00 bits per heavy atom. The molecule has 1 rings (SSSR count). The first-order valence-corrected chi connectivity index (χ1v) is 4.61. The molecule has 0 N–H and O–H groups in total. The highest BCUT2D eigenvalue weighted by Gasteiger charge is 2.07.